The maximum atomic E-state index is 13.0. The standard InChI is InChI=1S/C28H27N3O/c32-26(18-20-15-16-21-9-7-8-14-24(21)17-20)31-28-27(23-12-5-2-6-13-23)30-25(19-29-28)22-10-3-1-4-11-22/h1,3-4,7-11,14-17,19,23H,2,5-6,12-13,18H2,(H,29,31,32)/p+1. The Bertz CT molecular complexity index is 1230. The molecule has 4 aromatic rings. The lowest BCUT2D eigenvalue weighted by atomic mass is 9.86. The summed E-state index contributed by atoms with van der Waals surface area (Å²) < 4.78 is 0. The van der Waals surface area contributed by atoms with E-state index in [2.05, 4.69) is 36.4 Å². The summed E-state index contributed by atoms with van der Waals surface area (Å²) in [5, 5.41) is 4.06. The number of hydrogen-bond donors (Lipinski definition) is 1. The Kier molecular flexibility index (Phi) is 6.04. The molecule has 1 aromatic heterocycles. The van der Waals surface area contributed by atoms with Crippen LogP contribution in [0.5, 0.6) is 0 Å². The molecule has 0 bridgehead atoms. The highest BCUT2D eigenvalue weighted by molar-refractivity contribution is 5.84. The van der Waals surface area contributed by atoms with Crippen molar-refractivity contribution in [2.45, 2.75) is 44.4 Å². The summed E-state index contributed by atoms with van der Waals surface area (Å²) in [6.07, 6.45) is 8.12. The predicted octanol–water partition coefficient (Wildman–Crippen LogP) is 5.31. The molecule has 1 saturated carbocycles. The van der Waals surface area contributed by atoms with Crippen LogP contribution in [-0.2, 0) is 11.2 Å². The van der Waals surface area contributed by atoms with Crippen molar-refractivity contribution in [1.29, 1.82) is 0 Å². The van der Waals surface area contributed by atoms with E-state index in [9.17, 15) is 4.79 Å². The van der Waals surface area contributed by atoms with Crippen LogP contribution in [0.1, 0.15) is 49.3 Å². The van der Waals surface area contributed by atoms with Crippen LogP contribution < -0.4 is 5.32 Å². The van der Waals surface area contributed by atoms with E-state index in [1.54, 1.807) is 11.5 Å². The largest absolute Gasteiger partial charge is 0.321 e. The minimum absolute atomic E-state index is 0.0686. The number of amides is 1. The number of carbonyl (C=O) groups excluding carboxylic acids is 1. The average Bonchev–Trinajstić information content (AvgIpc) is 2.85. The van der Waals surface area contributed by atoms with Crippen LogP contribution in [0.3, 0.4) is 0 Å². The third kappa shape index (κ3) is 4.61. The van der Waals surface area contributed by atoms with Crippen LogP contribution in [0.15, 0.2) is 79.0 Å². The minimum atomic E-state index is 0.0686. The fourth-order valence-corrected chi connectivity index (χ4v) is 4.70. The summed E-state index contributed by atoms with van der Waals surface area (Å²) in [5.41, 5.74) is 3.95. The topological polar surface area (TPSA) is 59.5 Å². The van der Waals surface area contributed by atoms with E-state index in [4.69, 9.17) is 9.97 Å². The van der Waals surface area contributed by atoms with Crippen LogP contribution >= 0.6 is 0 Å². The van der Waals surface area contributed by atoms with Gasteiger partial charge in [-0.1, -0.05) is 92.1 Å². The molecule has 2 N–H and O–H groups in total. The molecule has 0 spiro atoms. The molecule has 1 aliphatic rings. The monoisotopic (exact) mass is 422 g/mol. The summed E-state index contributed by atoms with van der Waals surface area (Å²) in [6.45, 7) is 0. The Morgan fingerprint density at radius 2 is 1.62 bits per heavy atom. The van der Waals surface area contributed by atoms with Gasteiger partial charge in [-0.05, 0) is 29.2 Å². The number of fused-ring (bicyclic) bond motifs is 1. The van der Waals surface area contributed by atoms with Gasteiger partial charge in [-0.3, -0.25) is 0 Å². The maximum Gasteiger partial charge on any atom is 0.321 e. The smallest absolute Gasteiger partial charge is 0.243 e. The fourth-order valence-electron chi connectivity index (χ4n) is 4.70. The Morgan fingerprint density at radius 3 is 2.44 bits per heavy atom. The van der Waals surface area contributed by atoms with Gasteiger partial charge in [-0.15, -0.1) is 0 Å². The van der Waals surface area contributed by atoms with Crippen LogP contribution in [0.4, 0.5) is 5.82 Å². The highest BCUT2D eigenvalue weighted by atomic mass is 16.1. The number of benzene rings is 3. The van der Waals surface area contributed by atoms with Crippen molar-refractivity contribution in [1.82, 2.24) is 9.97 Å². The summed E-state index contributed by atoms with van der Waals surface area (Å²) in [7, 11) is 0. The Morgan fingerprint density at radius 1 is 0.875 bits per heavy atom. The Labute approximate surface area is 188 Å². The second kappa shape index (κ2) is 9.41. The zero-order chi connectivity index (χ0) is 21.8. The molecular weight excluding hydrogens is 394 g/mol. The molecule has 0 aliphatic heterocycles. The minimum Gasteiger partial charge on any atom is -0.243 e. The van der Waals surface area contributed by atoms with Crippen molar-refractivity contribution in [2.75, 3.05) is 0 Å². The fraction of sp³-hybridized carbons (Fsp3) is 0.250. The zero-order valence-corrected chi connectivity index (χ0v) is 18.2. The van der Waals surface area contributed by atoms with E-state index in [0.29, 0.717) is 12.3 Å². The Balaban J connectivity index is 1.40. The summed E-state index contributed by atoms with van der Waals surface area (Å²) in [6, 6.07) is 24.6. The first-order chi connectivity index (χ1) is 15.8. The highest BCUT2D eigenvalue weighted by Crippen LogP contribution is 2.34. The van der Waals surface area contributed by atoms with Gasteiger partial charge in [0.25, 0.3) is 5.82 Å². The number of hydrogen-bond acceptors (Lipinski definition) is 3. The number of rotatable bonds is 5. The molecule has 4 heteroatoms. The summed E-state index contributed by atoms with van der Waals surface area (Å²) in [4.78, 5) is 22.7. The Hall–Kier alpha value is -3.37. The van der Waals surface area contributed by atoms with Gasteiger partial charge in [0, 0.05) is 11.5 Å². The number of nitrogens with two attached hydrogens (primary N) is 1. The van der Waals surface area contributed by atoms with Crippen molar-refractivity contribution in [3.05, 3.63) is 90.3 Å². The second-order valence-corrected chi connectivity index (χ2v) is 8.70. The molecular formula is C28H28N3O+. The van der Waals surface area contributed by atoms with E-state index in [-0.39, 0.29) is 5.91 Å². The number of aromatic nitrogens is 2. The van der Waals surface area contributed by atoms with Crippen molar-refractivity contribution in [3.8, 4) is 11.3 Å². The van der Waals surface area contributed by atoms with Crippen molar-refractivity contribution < 1.29 is 10.1 Å². The molecule has 3 aromatic carbocycles. The van der Waals surface area contributed by atoms with Crippen LogP contribution in [-0.4, -0.2) is 15.9 Å². The molecule has 0 radical (unpaired) electrons. The highest BCUT2D eigenvalue weighted by Gasteiger charge is 2.25. The van der Waals surface area contributed by atoms with Gasteiger partial charge in [0.2, 0.25) is 0 Å². The third-order valence-corrected chi connectivity index (χ3v) is 6.38. The molecule has 32 heavy (non-hydrogen) atoms. The number of quaternary nitrogens is 1. The van der Waals surface area contributed by atoms with Crippen LogP contribution in [0, 0.1) is 0 Å². The second-order valence-electron chi connectivity index (χ2n) is 8.70. The maximum absolute atomic E-state index is 13.0. The van der Waals surface area contributed by atoms with Gasteiger partial charge in [0.1, 0.15) is 5.69 Å². The summed E-state index contributed by atoms with van der Waals surface area (Å²) >= 11 is 0. The van der Waals surface area contributed by atoms with E-state index >= 15 is 0 Å². The number of nitrogens with zero attached hydrogens (tertiary/aromatic N) is 2. The molecule has 0 saturated heterocycles. The molecule has 1 aliphatic carbocycles. The van der Waals surface area contributed by atoms with E-state index in [1.165, 1.54) is 24.6 Å². The molecule has 1 amide bonds. The SMILES string of the molecule is O=C(Cc1ccc2ccccc2c1)[NH2+]c1ncc(-c2ccccc2)nc1C1CCCCC1. The first kappa shape index (κ1) is 20.5. The average molecular weight is 423 g/mol. The lowest BCUT2D eigenvalue weighted by molar-refractivity contribution is -0.488. The third-order valence-electron chi connectivity index (χ3n) is 6.38. The zero-order valence-electron chi connectivity index (χ0n) is 18.2. The molecule has 0 unspecified atom stereocenters. The van der Waals surface area contributed by atoms with Gasteiger partial charge in [-0.2, -0.15) is 0 Å². The lowest BCUT2D eigenvalue weighted by Gasteiger charge is -2.21. The van der Waals surface area contributed by atoms with Crippen molar-refractivity contribution >= 4 is 22.5 Å². The van der Waals surface area contributed by atoms with Crippen molar-refractivity contribution in [3.63, 3.8) is 0 Å². The van der Waals surface area contributed by atoms with E-state index < -0.39 is 0 Å². The van der Waals surface area contributed by atoms with Gasteiger partial charge in [-0.25, -0.2) is 20.1 Å². The lowest BCUT2D eigenvalue weighted by Crippen LogP contribution is -2.83. The van der Waals surface area contributed by atoms with Gasteiger partial charge in [0.05, 0.1) is 18.3 Å². The van der Waals surface area contributed by atoms with Gasteiger partial charge >= 0.3 is 5.91 Å². The molecule has 1 fully saturated rings. The summed E-state index contributed by atoms with van der Waals surface area (Å²) in [5.74, 6) is 1.18. The van der Waals surface area contributed by atoms with Crippen molar-refractivity contribution in [2.24, 2.45) is 0 Å². The molecule has 5 rings (SSSR count). The quantitative estimate of drug-likeness (QED) is 0.474. The normalized spacial score (nSPS) is 14.5. The predicted molar refractivity (Wildman–Crippen MR) is 128 cm³/mol. The molecule has 1 heterocycles. The molecule has 4 nitrogen and oxygen atoms in total. The number of primary amides is 1. The molecule has 160 valence electrons. The van der Waals surface area contributed by atoms with Crippen LogP contribution in [0.25, 0.3) is 22.0 Å². The molecule has 0 atom stereocenters. The van der Waals surface area contributed by atoms with Gasteiger partial charge < -0.3 is 0 Å². The van der Waals surface area contributed by atoms with E-state index in [1.807, 2.05) is 36.4 Å². The van der Waals surface area contributed by atoms with Crippen LogP contribution in [0.2, 0.25) is 0 Å². The van der Waals surface area contributed by atoms with Gasteiger partial charge in [0.15, 0.2) is 0 Å². The first-order valence-electron chi connectivity index (χ1n) is 11.5. The van der Waals surface area contributed by atoms with E-state index in [0.717, 1.165) is 46.6 Å². The first-order valence-corrected chi connectivity index (χ1v) is 11.5. The number of carbonyl (C=O) groups is 1.